The lowest BCUT2D eigenvalue weighted by molar-refractivity contribution is -0.0487. The minimum Gasteiger partial charge on any atom is -0.385 e. The molecule has 0 aromatic carbocycles. The molecule has 1 aliphatic heterocycles. The zero-order valence-corrected chi connectivity index (χ0v) is 8.29. The van der Waals surface area contributed by atoms with Crippen molar-refractivity contribution < 1.29 is 14.3 Å². The number of carbonyl (C=O) groups excluding carboxylic acids is 1. The third kappa shape index (κ3) is 2.78. The molecule has 13 heavy (non-hydrogen) atoms. The van der Waals surface area contributed by atoms with Crippen molar-refractivity contribution in [2.24, 2.45) is 11.8 Å². The first-order valence-corrected chi connectivity index (χ1v) is 4.77. The van der Waals surface area contributed by atoms with Gasteiger partial charge in [0.05, 0.1) is 6.10 Å². The number of methoxy groups -OCH3 is 1. The van der Waals surface area contributed by atoms with E-state index in [0.29, 0.717) is 13.2 Å². The van der Waals surface area contributed by atoms with Crippen LogP contribution in [0.3, 0.4) is 0 Å². The monoisotopic (exact) mass is 185 g/mol. The van der Waals surface area contributed by atoms with Gasteiger partial charge >= 0.3 is 0 Å². The second-order valence-corrected chi connectivity index (χ2v) is 3.56. The minimum atomic E-state index is 0.0515. The lowest BCUT2D eigenvalue weighted by Crippen LogP contribution is -2.36. The first-order chi connectivity index (χ1) is 6.29. The van der Waals surface area contributed by atoms with Gasteiger partial charge in [0.1, 0.15) is 0 Å². The number of ether oxygens (including phenoxy) is 2. The number of hydrogen-bond acceptors (Lipinski definition) is 3. The Morgan fingerprint density at radius 1 is 1.62 bits per heavy atom. The van der Waals surface area contributed by atoms with E-state index in [4.69, 9.17) is 9.47 Å². The van der Waals surface area contributed by atoms with Crippen LogP contribution in [0.4, 0.5) is 0 Å². The maximum Gasteiger partial charge on any atom is 0.202 e. The molecule has 3 heteroatoms. The van der Waals surface area contributed by atoms with Crippen molar-refractivity contribution in [2.45, 2.75) is 25.9 Å². The first-order valence-electron chi connectivity index (χ1n) is 4.77. The SMILES string of the molecule is COCCC1OCCC([C]=O)C1C. The van der Waals surface area contributed by atoms with Crippen LogP contribution in [0.25, 0.3) is 0 Å². The molecule has 1 radical (unpaired) electrons. The summed E-state index contributed by atoms with van der Waals surface area (Å²) in [5, 5.41) is 0. The molecule has 0 aromatic heterocycles. The average molecular weight is 185 g/mol. The van der Waals surface area contributed by atoms with Gasteiger partial charge in [-0.15, -0.1) is 0 Å². The summed E-state index contributed by atoms with van der Waals surface area (Å²) in [4.78, 5) is 10.6. The van der Waals surface area contributed by atoms with Crippen LogP contribution >= 0.6 is 0 Å². The summed E-state index contributed by atoms with van der Waals surface area (Å²) in [7, 11) is 1.68. The van der Waals surface area contributed by atoms with E-state index in [0.717, 1.165) is 12.8 Å². The van der Waals surface area contributed by atoms with Crippen molar-refractivity contribution >= 4 is 6.29 Å². The summed E-state index contributed by atoms with van der Waals surface area (Å²) >= 11 is 0. The van der Waals surface area contributed by atoms with Gasteiger partial charge in [-0.3, -0.25) is 4.79 Å². The van der Waals surface area contributed by atoms with Gasteiger partial charge in [-0.25, -0.2) is 0 Å². The van der Waals surface area contributed by atoms with Crippen molar-refractivity contribution in [3.63, 3.8) is 0 Å². The Kier molecular flexibility index (Phi) is 4.39. The van der Waals surface area contributed by atoms with Crippen LogP contribution in [0.1, 0.15) is 19.8 Å². The molecule has 0 bridgehead atoms. The largest absolute Gasteiger partial charge is 0.385 e. The van der Waals surface area contributed by atoms with Crippen LogP contribution in [-0.4, -0.2) is 32.7 Å². The van der Waals surface area contributed by atoms with Gasteiger partial charge < -0.3 is 9.47 Å². The maximum atomic E-state index is 10.6. The van der Waals surface area contributed by atoms with Crippen LogP contribution in [0.2, 0.25) is 0 Å². The summed E-state index contributed by atoms with van der Waals surface area (Å²) in [6.07, 6.45) is 3.94. The molecule has 1 fully saturated rings. The van der Waals surface area contributed by atoms with E-state index in [-0.39, 0.29) is 17.9 Å². The van der Waals surface area contributed by atoms with E-state index in [1.54, 1.807) is 7.11 Å². The molecule has 3 atom stereocenters. The van der Waals surface area contributed by atoms with Gasteiger partial charge in [0.2, 0.25) is 6.29 Å². The molecule has 3 nitrogen and oxygen atoms in total. The lowest BCUT2D eigenvalue weighted by Gasteiger charge is -2.32. The first kappa shape index (κ1) is 10.7. The predicted octanol–water partition coefficient (Wildman–Crippen LogP) is 1.17. The standard InChI is InChI=1S/C10H17O3/c1-8-9(7-11)3-6-13-10(8)4-5-12-2/h8-10H,3-6H2,1-2H3. The molecule has 75 valence electrons. The third-order valence-electron chi connectivity index (χ3n) is 2.74. The van der Waals surface area contributed by atoms with Gasteiger partial charge in [0, 0.05) is 26.2 Å². The van der Waals surface area contributed by atoms with Crippen molar-refractivity contribution in [1.82, 2.24) is 0 Å². The zero-order chi connectivity index (χ0) is 9.68. The molecule has 1 rings (SSSR count). The van der Waals surface area contributed by atoms with Gasteiger partial charge in [-0.2, -0.15) is 0 Å². The van der Waals surface area contributed by atoms with Crippen LogP contribution in [-0.2, 0) is 14.3 Å². The van der Waals surface area contributed by atoms with Gasteiger partial charge in [-0.05, 0) is 18.8 Å². The van der Waals surface area contributed by atoms with E-state index < -0.39 is 0 Å². The van der Waals surface area contributed by atoms with E-state index in [2.05, 4.69) is 13.2 Å². The Bertz CT molecular complexity index is 158. The Morgan fingerprint density at radius 3 is 3.00 bits per heavy atom. The summed E-state index contributed by atoms with van der Waals surface area (Å²) in [6, 6.07) is 0. The van der Waals surface area contributed by atoms with Crippen molar-refractivity contribution in [1.29, 1.82) is 0 Å². The van der Waals surface area contributed by atoms with Gasteiger partial charge in [0.15, 0.2) is 0 Å². The topological polar surface area (TPSA) is 35.5 Å². The van der Waals surface area contributed by atoms with E-state index in [9.17, 15) is 4.79 Å². The van der Waals surface area contributed by atoms with Gasteiger partial charge in [0.25, 0.3) is 0 Å². The summed E-state index contributed by atoms with van der Waals surface area (Å²) in [6.45, 7) is 3.42. The molecule has 0 aromatic rings. The predicted molar refractivity (Wildman–Crippen MR) is 49.2 cm³/mol. The molecule has 0 amide bonds. The molecule has 0 spiro atoms. The van der Waals surface area contributed by atoms with Crippen LogP contribution in [0.5, 0.6) is 0 Å². The fourth-order valence-electron chi connectivity index (χ4n) is 1.77. The number of rotatable bonds is 4. The maximum absolute atomic E-state index is 10.6. The Morgan fingerprint density at radius 2 is 2.38 bits per heavy atom. The smallest absolute Gasteiger partial charge is 0.202 e. The molecule has 1 heterocycles. The average Bonchev–Trinajstić information content (AvgIpc) is 2.16. The zero-order valence-electron chi connectivity index (χ0n) is 8.29. The highest BCUT2D eigenvalue weighted by Gasteiger charge is 2.30. The molecule has 0 N–H and O–H groups in total. The molecule has 0 saturated carbocycles. The fraction of sp³-hybridized carbons (Fsp3) is 0.900. The van der Waals surface area contributed by atoms with E-state index in [1.807, 2.05) is 0 Å². The number of hydrogen-bond donors (Lipinski definition) is 0. The van der Waals surface area contributed by atoms with E-state index >= 15 is 0 Å². The summed E-state index contributed by atoms with van der Waals surface area (Å²) in [5.41, 5.74) is 0. The van der Waals surface area contributed by atoms with Crippen LogP contribution in [0.15, 0.2) is 0 Å². The van der Waals surface area contributed by atoms with Crippen LogP contribution in [0, 0.1) is 11.8 Å². The van der Waals surface area contributed by atoms with E-state index in [1.165, 1.54) is 0 Å². The highest BCUT2D eigenvalue weighted by molar-refractivity contribution is 5.55. The summed E-state index contributed by atoms with van der Waals surface area (Å²) in [5.74, 6) is 0.331. The third-order valence-corrected chi connectivity index (χ3v) is 2.74. The molecule has 3 unspecified atom stereocenters. The van der Waals surface area contributed by atoms with Crippen molar-refractivity contribution in [2.75, 3.05) is 20.3 Å². The Labute approximate surface area is 79.4 Å². The second-order valence-electron chi connectivity index (χ2n) is 3.56. The highest BCUT2D eigenvalue weighted by Crippen LogP contribution is 2.27. The molecule has 1 saturated heterocycles. The molecule has 1 aliphatic rings. The van der Waals surface area contributed by atoms with Crippen molar-refractivity contribution in [3.8, 4) is 0 Å². The lowest BCUT2D eigenvalue weighted by atomic mass is 9.84. The molecular formula is C10H17O3. The van der Waals surface area contributed by atoms with Crippen molar-refractivity contribution in [3.05, 3.63) is 0 Å². The van der Waals surface area contributed by atoms with Crippen LogP contribution < -0.4 is 0 Å². The molecule has 0 aliphatic carbocycles. The fourth-order valence-corrected chi connectivity index (χ4v) is 1.77. The Hall–Kier alpha value is -0.410. The normalized spacial score (nSPS) is 34.5. The van der Waals surface area contributed by atoms with Gasteiger partial charge in [-0.1, -0.05) is 6.92 Å². The highest BCUT2D eigenvalue weighted by atomic mass is 16.5. The minimum absolute atomic E-state index is 0.0515. The quantitative estimate of drug-likeness (QED) is 0.659. The second kappa shape index (κ2) is 5.35. The molecular weight excluding hydrogens is 168 g/mol. The Balaban J connectivity index is 2.39. The summed E-state index contributed by atoms with van der Waals surface area (Å²) < 4.78 is 10.5.